The fourth-order valence-corrected chi connectivity index (χ4v) is 2.68. The van der Waals surface area contributed by atoms with E-state index in [0.29, 0.717) is 37.7 Å². The summed E-state index contributed by atoms with van der Waals surface area (Å²) < 4.78 is 5.27. The maximum Gasteiger partial charge on any atom is 0.253 e. The lowest BCUT2D eigenvalue weighted by atomic mass is 10.1. The topological polar surface area (TPSA) is 49.9 Å². The van der Waals surface area contributed by atoms with Gasteiger partial charge in [0.15, 0.2) is 0 Å². The summed E-state index contributed by atoms with van der Waals surface area (Å²) >= 11 is 0. The monoisotopic (exact) mass is 236 g/mol. The predicted molar refractivity (Wildman–Crippen MR) is 65.8 cm³/mol. The largest absolute Gasteiger partial charge is 0.378 e. The number of anilines is 2. The van der Waals surface area contributed by atoms with E-state index < -0.39 is 0 Å². The second kappa shape index (κ2) is 4.14. The van der Waals surface area contributed by atoms with E-state index in [0.717, 1.165) is 25.9 Å². The molecule has 0 unspecified atom stereocenters. The number of morpholine rings is 1. The standard InChI is InChI=1S/C12H16N2O3/c15-11-9(13-3-1-2-4-13)10(12(11)16)14-5-7-17-8-6-14/h1-8H2. The van der Waals surface area contributed by atoms with E-state index in [1.54, 1.807) is 0 Å². The highest BCUT2D eigenvalue weighted by atomic mass is 16.5. The van der Waals surface area contributed by atoms with Crippen molar-refractivity contribution in [1.29, 1.82) is 0 Å². The molecule has 17 heavy (non-hydrogen) atoms. The first-order chi connectivity index (χ1) is 8.29. The van der Waals surface area contributed by atoms with Gasteiger partial charge in [0, 0.05) is 26.2 Å². The first-order valence-electron chi connectivity index (χ1n) is 6.20. The highest BCUT2D eigenvalue weighted by Crippen LogP contribution is 2.27. The maximum absolute atomic E-state index is 11.7. The van der Waals surface area contributed by atoms with Crippen molar-refractivity contribution in [3.8, 4) is 0 Å². The summed E-state index contributed by atoms with van der Waals surface area (Å²) in [5.41, 5.74) is 0.691. The second-order valence-corrected chi connectivity index (χ2v) is 4.65. The minimum atomic E-state index is -0.311. The van der Waals surface area contributed by atoms with Crippen LogP contribution in [0.4, 0.5) is 11.4 Å². The van der Waals surface area contributed by atoms with Gasteiger partial charge in [0.25, 0.3) is 10.9 Å². The van der Waals surface area contributed by atoms with Gasteiger partial charge in [0.05, 0.1) is 13.2 Å². The summed E-state index contributed by atoms with van der Waals surface area (Å²) in [6.45, 7) is 4.51. The molecule has 0 bridgehead atoms. The molecule has 0 radical (unpaired) electrons. The summed E-state index contributed by atoms with van der Waals surface area (Å²) in [5.74, 6) is 0. The molecule has 0 N–H and O–H groups in total. The first-order valence-corrected chi connectivity index (χ1v) is 6.20. The van der Waals surface area contributed by atoms with Crippen LogP contribution in [0, 0.1) is 0 Å². The Kier molecular flexibility index (Phi) is 2.63. The highest BCUT2D eigenvalue weighted by Gasteiger charge is 2.31. The lowest BCUT2D eigenvalue weighted by Crippen LogP contribution is -2.48. The Hall–Kier alpha value is -1.36. The Bertz CT molecular complexity index is 478. The quantitative estimate of drug-likeness (QED) is 0.661. The van der Waals surface area contributed by atoms with E-state index in [2.05, 4.69) is 4.90 Å². The molecule has 0 aliphatic carbocycles. The average Bonchev–Trinajstić information content (AvgIpc) is 2.88. The molecule has 2 fully saturated rings. The summed E-state index contributed by atoms with van der Waals surface area (Å²) in [5, 5.41) is 0. The number of nitrogens with zero attached hydrogens (tertiary/aromatic N) is 2. The van der Waals surface area contributed by atoms with E-state index in [-0.39, 0.29) is 10.9 Å². The molecule has 2 heterocycles. The van der Waals surface area contributed by atoms with Gasteiger partial charge in [-0.05, 0) is 12.8 Å². The summed E-state index contributed by atoms with van der Waals surface area (Å²) in [7, 11) is 0. The van der Waals surface area contributed by atoms with Gasteiger partial charge in [-0.1, -0.05) is 0 Å². The molecule has 1 aromatic rings. The highest BCUT2D eigenvalue weighted by molar-refractivity contribution is 5.76. The van der Waals surface area contributed by atoms with E-state index in [1.807, 2.05) is 4.90 Å². The maximum atomic E-state index is 11.7. The molecule has 0 saturated carbocycles. The van der Waals surface area contributed by atoms with Crippen molar-refractivity contribution in [2.24, 2.45) is 0 Å². The average molecular weight is 236 g/mol. The predicted octanol–water partition coefficient (Wildman–Crippen LogP) is -0.281. The minimum absolute atomic E-state index is 0.298. The Labute approximate surface area is 99.3 Å². The summed E-state index contributed by atoms with van der Waals surface area (Å²) in [6, 6.07) is 0. The SMILES string of the molecule is O=c1c(N2CCCC2)c(N2CCOCC2)c1=O. The van der Waals surface area contributed by atoms with Gasteiger partial charge in [-0.15, -0.1) is 0 Å². The Balaban J connectivity index is 1.90. The molecule has 1 aromatic carbocycles. The van der Waals surface area contributed by atoms with Crippen molar-refractivity contribution >= 4 is 11.4 Å². The fourth-order valence-electron chi connectivity index (χ4n) is 2.68. The lowest BCUT2D eigenvalue weighted by molar-refractivity contribution is 0.122. The van der Waals surface area contributed by atoms with Gasteiger partial charge in [-0.25, -0.2) is 0 Å². The van der Waals surface area contributed by atoms with Gasteiger partial charge >= 0.3 is 0 Å². The summed E-state index contributed by atoms with van der Waals surface area (Å²) in [4.78, 5) is 27.5. The van der Waals surface area contributed by atoms with Crippen LogP contribution in [0.3, 0.4) is 0 Å². The molecule has 2 saturated heterocycles. The number of ether oxygens (including phenoxy) is 1. The molecule has 0 amide bonds. The van der Waals surface area contributed by atoms with Crippen molar-refractivity contribution in [2.75, 3.05) is 49.2 Å². The van der Waals surface area contributed by atoms with Crippen molar-refractivity contribution in [3.63, 3.8) is 0 Å². The molecule has 0 atom stereocenters. The smallest absolute Gasteiger partial charge is 0.253 e. The Morgan fingerprint density at radius 1 is 0.765 bits per heavy atom. The van der Waals surface area contributed by atoms with Crippen LogP contribution in [-0.2, 0) is 4.74 Å². The van der Waals surface area contributed by atoms with Gasteiger partial charge in [0.1, 0.15) is 11.4 Å². The number of hydrogen-bond acceptors (Lipinski definition) is 5. The molecule has 2 aliphatic heterocycles. The van der Waals surface area contributed by atoms with Crippen molar-refractivity contribution in [1.82, 2.24) is 0 Å². The van der Waals surface area contributed by atoms with Crippen molar-refractivity contribution < 1.29 is 4.74 Å². The van der Waals surface area contributed by atoms with Crippen LogP contribution in [-0.4, -0.2) is 39.4 Å². The van der Waals surface area contributed by atoms with Gasteiger partial charge in [-0.2, -0.15) is 0 Å². The zero-order valence-corrected chi connectivity index (χ0v) is 9.78. The summed E-state index contributed by atoms with van der Waals surface area (Å²) in [6.07, 6.45) is 2.22. The molecule has 3 rings (SSSR count). The second-order valence-electron chi connectivity index (χ2n) is 4.65. The van der Waals surface area contributed by atoms with Crippen LogP contribution >= 0.6 is 0 Å². The van der Waals surface area contributed by atoms with Crippen LogP contribution in [0.15, 0.2) is 9.59 Å². The molecule has 92 valence electrons. The number of rotatable bonds is 2. The molecule has 5 heteroatoms. The molecule has 0 aromatic heterocycles. The zero-order chi connectivity index (χ0) is 11.8. The van der Waals surface area contributed by atoms with Gasteiger partial charge in [-0.3, -0.25) is 9.59 Å². The van der Waals surface area contributed by atoms with E-state index in [9.17, 15) is 9.59 Å². The van der Waals surface area contributed by atoms with Gasteiger partial charge in [0.2, 0.25) is 0 Å². The van der Waals surface area contributed by atoms with E-state index in [4.69, 9.17) is 4.74 Å². The van der Waals surface area contributed by atoms with Crippen LogP contribution in [0.25, 0.3) is 0 Å². The van der Waals surface area contributed by atoms with Crippen molar-refractivity contribution in [3.05, 3.63) is 20.4 Å². The van der Waals surface area contributed by atoms with E-state index in [1.165, 1.54) is 0 Å². The van der Waals surface area contributed by atoms with Crippen LogP contribution < -0.4 is 20.7 Å². The van der Waals surface area contributed by atoms with E-state index >= 15 is 0 Å². The van der Waals surface area contributed by atoms with Crippen LogP contribution in [0.5, 0.6) is 0 Å². The Morgan fingerprint density at radius 2 is 1.24 bits per heavy atom. The van der Waals surface area contributed by atoms with Crippen molar-refractivity contribution in [2.45, 2.75) is 12.8 Å². The third-order valence-corrected chi connectivity index (χ3v) is 3.61. The van der Waals surface area contributed by atoms with Crippen LogP contribution in [0.2, 0.25) is 0 Å². The molecule has 2 aliphatic rings. The zero-order valence-electron chi connectivity index (χ0n) is 9.78. The lowest BCUT2D eigenvalue weighted by Gasteiger charge is -2.33. The molecular formula is C12H16N2O3. The molecule has 0 spiro atoms. The Morgan fingerprint density at radius 3 is 1.76 bits per heavy atom. The normalized spacial score (nSPS) is 21.4. The first kappa shape index (κ1) is 10.8. The third kappa shape index (κ3) is 1.65. The molecule has 5 nitrogen and oxygen atoms in total. The minimum Gasteiger partial charge on any atom is -0.378 e. The fraction of sp³-hybridized carbons (Fsp3) is 0.667. The van der Waals surface area contributed by atoms with Crippen LogP contribution in [0.1, 0.15) is 12.8 Å². The van der Waals surface area contributed by atoms with Gasteiger partial charge < -0.3 is 14.5 Å². The molecular weight excluding hydrogens is 220 g/mol. The number of hydrogen-bond donors (Lipinski definition) is 0. The third-order valence-electron chi connectivity index (χ3n) is 3.61.